The third-order valence-electron chi connectivity index (χ3n) is 5.54. The van der Waals surface area contributed by atoms with Crippen molar-refractivity contribution in [2.24, 2.45) is 7.05 Å². The van der Waals surface area contributed by atoms with Crippen LogP contribution in [0.3, 0.4) is 0 Å². The number of rotatable bonds is 3. The molecule has 0 spiro atoms. The molecular formula is C20H25ClN4O3. The Morgan fingerprint density at radius 3 is 2.54 bits per heavy atom. The molecule has 0 N–H and O–H groups in total. The van der Waals surface area contributed by atoms with E-state index in [0.29, 0.717) is 48.4 Å². The molecule has 1 aromatic heterocycles. The van der Waals surface area contributed by atoms with Crippen LogP contribution in [0.25, 0.3) is 0 Å². The van der Waals surface area contributed by atoms with Crippen LogP contribution in [0.4, 0.5) is 0 Å². The van der Waals surface area contributed by atoms with Crippen LogP contribution in [0.1, 0.15) is 27.3 Å². The van der Waals surface area contributed by atoms with Gasteiger partial charge in [-0.25, -0.2) is 0 Å². The van der Waals surface area contributed by atoms with Crippen molar-refractivity contribution in [3.05, 3.63) is 39.7 Å². The highest BCUT2D eigenvalue weighted by molar-refractivity contribution is 6.32. The predicted octanol–water partition coefficient (Wildman–Crippen LogP) is 2.42. The lowest BCUT2D eigenvalue weighted by Crippen LogP contribution is -2.48. The van der Waals surface area contributed by atoms with Gasteiger partial charge in [0.25, 0.3) is 5.91 Å². The molecule has 0 unspecified atom stereocenters. The van der Waals surface area contributed by atoms with Crippen LogP contribution < -0.4 is 9.47 Å². The molecule has 0 bridgehead atoms. The zero-order valence-corrected chi connectivity index (χ0v) is 17.3. The van der Waals surface area contributed by atoms with Gasteiger partial charge in [-0.05, 0) is 26.0 Å². The number of aryl methyl sites for hydroxylation is 2. The molecule has 0 atom stereocenters. The van der Waals surface area contributed by atoms with Gasteiger partial charge in [0.15, 0.2) is 11.5 Å². The van der Waals surface area contributed by atoms with Crippen molar-refractivity contribution >= 4 is 17.5 Å². The number of ether oxygens (including phenoxy) is 2. The van der Waals surface area contributed by atoms with Crippen LogP contribution in [0.2, 0.25) is 5.02 Å². The summed E-state index contributed by atoms with van der Waals surface area (Å²) in [5.41, 5.74) is 4.09. The third-order valence-corrected chi connectivity index (χ3v) is 5.82. The molecule has 150 valence electrons. The van der Waals surface area contributed by atoms with Crippen molar-refractivity contribution in [1.29, 1.82) is 0 Å². The van der Waals surface area contributed by atoms with Gasteiger partial charge in [-0.3, -0.25) is 14.4 Å². The Balaban J connectivity index is 1.41. The molecule has 7 nitrogen and oxygen atoms in total. The molecule has 8 heteroatoms. The number of hydrogen-bond donors (Lipinski definition) is 0. The molecule has 1 fully saturated rings. The average molecular weight is 405 g/mol. The second-order valence-corrected chi connectivity index (χ2v) is 7.73. The lowest BCUT2D eigenvalue weighted by molar-refractivity contribution is 0.0627. The summed E-state index contributed by atoms with van der Waals surface area (Å²) in [7, 11) is 1.97. The van der Waals surface area contributed by atoms with Crippen LogP contribution >= 0.6 is 11.6 Å². The topological polar surface area (TPSA) is 59.8 Å². The van der Waals surface area contributed by atoms with Crippen molar-refractivity contribution in [2.45, 2.75) is 20.4 Å². The molecule has 2 aliphatic heterocycles. The molecule has 0 radical (unpaired) electrons. The standard InChI is InChI=1S/C20H25ClN4O3/c1-13-16(14(2)23(3)22-13)12-24-4-6-25(7-5-24)20(26)15-10-17(21)19-18(11-15)27-8-9-28-19/h10-11H,4-9,12H2,1-3H3. The van der Waals surface area contributed by atoms with Gasteiger partial charge in [0.05, 0.1) is 10.7 Å². The number of fused-ring (bicyclic) bond motifs is 1. The van der Waals surface area contributed by atoms with E-state index in [9.17, 15) is 4.79 Å². The summed E-state index contributed by atoms with van der Waals surface area (Å²) in [6.07, 6.45) is 0. The SMILES string of the molecule is Cc1nn(C)c(C)c1CN1CCN(C(=O)c2cc(Cl)c3c(c2)OCCO3)CC1. The number of amides is 1. The first-order valence-corrected chi connectivity index (χ1v) is 9.91. The minimum absolute atomic E-state index is 0.0211. The monoisotopic (exact) mass is 404 g/mol. The molecule has 1 saturated heterocycles. The van der Waals surface area contributed by atoms with Gasteiger partial charge < -0.3 is 14.4 Å². The number of piperazine rings is 1. The average Bonchev–Trinajstić information content (AvgIpc) is 2.94. The van der Waals surface area contributed by atoms with E-state index in [4.69, 9.17) is 21.1 Å². The maximum absolute atomic E-state index is 13.0. The smallest absolute Gasteiger partial charge is 0.254 e. The number of carbonyl (C=O) groups excluding carboxylic acids is 1. The minimum atomic E-state index is -0.0211. The summed E-state index contributed by atoms with van der Waals surface area (Å²) in [5.74, 6) is 1.05. The van der Waals surface area contributed by atoms with Crippen molar-refractivity contribution in [2.75, 3.05) is 39.4 Å². The molecule has 0 aliphatic carbocycles. The van der Waals surface area contributed by atoms with E-state index >= 15 is 0 Å². The lowest BCUT2D eigenvalue weighted by atomic mass is 10.1. The second kappa shape index (κ2) is 7.64. The Labute approximate surface area is 169 Å². The van der Waals surface area contributed by atoms with Gasteiger partial charge in [-0.2, -0.15) is 5.10 Å². The van der Waals surface area contributed by atoms with Crippen LogP contribution in [-0.2, 0) is 13.6 Å². The second-order valence-electron chi connectivity index (χ2n) is 7.32. The third kappa shape index (κ3) is 3.56. The molecular weight excluding hydrogens is 380 g/mol. The van der Waals surface area contributed by atoms with Crippen LogP contribution in [0.5, 0.6) is 11.5 Å². The Morgan fingerprint density at radius 1 is 1.14 bits per heavy atom. The van der Waals surface area contributed by atoms with E-state index in [1.165, 1.54) is 11.3 Å². The Hall–Kier alpha value is -2.25. The first-order valence-electron chi connectivity index (χ1n) is 9.54. The quantitative estimate of drug-likeness (QED) is 0.786. The summed E-state index contributed by atoms with van der Waals surface area (Å²) in [6.45, 7) is 8.98. The predicted molar refractivity (Wildman–Crippen MR) is 106 cm³/mol. The molecule has 0 saturated carbocycles. The molecule has 2 aliphatic rings. The molecule has 4 rings (SSSR count). The highest BCUT2D eigenvalue weighted by Crippen LogP contribution is 2.38. The van der Waals surface area contributed by atoms with Gasteiger partial charge in [0.2, 0.25) is 0 Å². The van der Waals surface area contributed by atoms with E-state index < -0.39 is 0 Å². The Bertz CT molecular complexity index is 903. The normalized spacial score (nSPS) is 17.1. The van der Waals surface area contributed by atoms with Crippen molar-refractivity contribution < 1.29 is 14.3 Å². The number of halogens is 1. The van der Waals surface area contributed by atoms with E-state index in [1.54, 1.807) is 12.1 Å². The molecule has 1 amide bonds. The first kappa shape index (κ1) is 19.1. The Morgan fingerprint density at radius 2 is 1.86 bits per heavy atom. The van der Waals surface area contributed by atoms with Crippen LogP contribution in [-0.4, -0.2) is 64.9 Å². The van der Waals surface area contributed by atoms with E-state index in [2.05, 4.69) is 16.9 Å². The Kier molecular flexibility index (Phi) is 5.21. The minimum Gasteiger partial charge on any atom is -0.486 e. The maximum Gasteiger partial charge on any atom is 0.254 e. The van der Waals surface area contributed by atoms with Crippen molar-refractivity contribution in [3.63, 3.8) is 0 Å². The summed E-state index contributed by atoms with van der Waals surface area (Å²) < 4.78 is 13.1. The van der Waals surface area contributed by atoms with E-state index in [0.717, 1.165) is 25.3 Å². The molecule has 2 aromatic rings. The number of hydrogen-bond acceptors (Lipinski definition) is 5. The fourth-order valence-corrected chi connectivity index (χ4v) is 4.06. The van der Waals surface area contributed by atoms with Gasteiger partial charge in [0.1, 0.15) is 13.2 Å². The number of aromatic nitrogens is 2. The molecule has 1 aromatic carbocycles. The summed E-state index contributed by atoms with van der Waals surface area (Å²) >= 11 is 6.28. The largest absolute Gasteiger partial charge is 0.486 e. The van der Waals surface area contributed by atoms with Crippen LogP contribution in [0, 0.1) is 13.8 Å². The highest BCUT2D eigenvalue weighted by Gasteiger charge is 2.26. The highest BCUT2D eigenvalue weighted by atomic mass is 35.5. The fraction of sp³-hybridized carbons (Fsp3) is 0.500. The lowest BCUT2D eigenvalue weighted by Gasteiger charge is -2.35. The number of benzene rings is 1. The maximum atomic E-state index is 13.0. The summed E-state index contributed by atoms with van der Waals surface area (Å²) in [6, 6.07) is 3.41. The van der Waals surface area contributed by atoms with Gasteiger partial charge in [-0.1, -0.05) is 11.6 Å². The summed E-state index contributed by atoms with van der Waals surface area (Å²) in [5, 5.41) is 4.91. The van der Waals surface area contributed by atoms with Gasteiger partial charge in [-0.15, -0.1) is 0 Å². The van der Waals surface area contributed by atoms with E-state index in [-0.39, 0.29) is 5.91 Å². The number of nitrogens with zero attached hydrogens (tertiary/aromatic N) is 4. The zero-order valence-electron chi connectivity index (χ0n) is 16.5. The van der Waals surface area contributed by atoms with Crippen LogP contribution in [0.15, 0.2) is 12.1 Å². The van der Waals surface area contributed by atoms with Gasteiger partial charge in [0, 0.05) is 56.6 Å². The van der Waals surface area contributed by atoms with Crippen molar-refractivity contribution in [3.8, 4) is 11.5 Å². The molecule has 3 heterocycles. The number of carbonyl (C=O) groups is 1. The van der Waals surface area contributed by atoms with Crippen molar-refractivity contribution in [1.82, 2.24) is 19.6 Å². The zero-order chi connectivity index (χ0) is 19.8. The summed E-state index contributed by atoms with van der Waals surface area (Å²) in [4.78, 5) is 17.2. The van der Waals surface area contributed by atoms with E-state index in [1.807, 2.05) is 23.6 Å². The first-order chi connectivity index (χ1) is 13.4. The fourth-order valence-electron chi connectivity index (χ4n) is 3.80. The van der Waals surface area contributed by atoms with Gasteiger partial charge >= 0.3 is 0 Å². The molecule has 28 heavy (non-hydrogen) atoms.